The third-order valence-electron chi connectivity index (χ3n) is 11.4. The van der Waals surface area contributed by atoms with Crippen molar-refractivity contribution in [1.29, 1.82) is 0 Å². The van der Waals surface area contributed by atoms with E-state index in [9.17, 15) is 61.7 Å². The lowest BCUT2D eigenvalue weighted by atomic mass is 9.71. The molecule has 0 amide bonds. The summed E-state index contributed by atoms with van der Waals surface area (Å²) in [6.45, 7) is 17.5. The van der Waals surface area contributed by atoms with Gasteiger partial charge in [0.1, 0.15) is 56.9 Å². The Morgan fingerprint density at radius 2 is 0.917 bits per heavy atom. The zero-order chi connectivity index (χ0) is 55.8. The zero-order valence-corrected chi connectivity index (χ0v) is 43.6. The van der Waals surface area contributed by atoms with E-state index in [1.165, 1.54) is 85.4 Å². The molecule has 0 aliphatic carbocycles. The molecule has 2 unspecified atom stereocenters. The van der Waals surface area contributed by atoms with Gasteiger partial charge in [-0.2, -0.15) is 43.9 Å². The van der Waals surface area contributed by atoms with Gasteiger partial charge in [0, 0.05) is 34.9 Å². The van der Waals surface area contributed by atoms with Crippen LogP contribution >= 0.6 is 0 Å². The van der Waals surface area contributed by atoms with Crippen molar-refractivity contribution in [3.8, 4) is 17.2 Å². The maximum absolute atomic E-state index is 14.1. The van der Waals surface area contributed by atoms with Gasteiger partial charge in [-0.25, -0.2) is 17.4 Å². The van der Waals surface area contributed by atoms with Crippen LogP contribution in [0.3, 0.4) is 0 Å². The molecular weight excluding hydrogens is 993 g/mol. The second-order valence-corrected chi connectivity index (χ2v) is 22.3. The van der Waals surface area contributed by atoms with Gasteiger partial charge >= 0.3 is 18.5 Å². The third-order valence-corrected chi connectivity index (χ3v) is 12.8. The normalized spacial score (nSPS) is 14.2. The summed E-state index contributed by atoms with van der Waals surface area (Å²) >= 11 is 0. The Bertz CT molecular complexity index is 2530. The Morgan fingerprint density at radius 1 is 0.556 bits per heavy atom. The van der Waals surface area contributed by atoms with Crippen LogP contribution in [-0.4, -0.2) is 65.8 Å². The Balaban J connectivity index is 0.000000377. The van der Waals surface area contributed by atoms with Gasteiger partial charge in [0.2, 0.25) is 5.78 Å². The molecule has 0 aromatic heterocycles. The SMILES string of the molecule is COc1ccc(F)cc1C(C)(C)CC(=NS(=O)C(C)(C)C)C(F)(F)F.COc1ccc(F)cc1C(C)(C)CC(=O)C(F)(F)F.COc1ccc(F)cc1C(C)(C)CC(N)(Cc1cc(C)cc(C)c1)C(F)(F)F. The largest absolute Gasteiger partial charge is 0.496 e. The van der Waals surface area contributed by atoms with Crippen molar-refractivity contribution >= 4 is 22.5 Å². The molecule has 0 aliphatic heterocycles. The first-order valence-electron chi connectivity index (χ1n) is 22.1. The number of carbonyl (C=O) groups is 1. The van der Waals surface area contributed by atoms with Crippen LogP contribution in [0.25, 0.3) is 0 Å². The summed E-state index contributed by atoms with van der Waals surface area (Å²) in [6, 6.07) is 16.4. The van der Waals surface area contributed by atoms with Gasteiger partial charge in [-0.1, -0.05) is 70.9 Å². The number of alkyl halides is 9. The van der Waals surface area contributed by atoms with Crippen LogP contribution in [0.15, 0.2) is 77.2 Å². The number of ether oxygens (including phenoxy) is 3. The highest BCUT2D eigenvalue weighted by Crippen LogP contribution is 2.45. The van der Waals surface area contributed by atoms with Gasteiger partial charge in [0.05, 0.1) is 26.1 Å². The molecular formula is C52H64F12N2O5S. The van der Waals surface area contributed by atoms with Crippen molar-refractivity contribution in [2.75, 3.05) is 21.3 Å². The summed E-state index contributed by atoms with van der Waals surface area (Å²) < 4.78 is 190. The highest BCUT2D eigenvalue weighted by Gasteiger charge is 2.54. The second kappa shape index (κ2) is 23.8. The van der Waals surface area contributed by atoms with Gasteiger partial charge in [-0.3, -0.25) is 4.79 Å². The molecule has 2 N–H and O–H groups in total. The van der Waals surface area contributed by atoms with Crippen molar-refractivity contribution in [1.82, 2.24) is 0 Å². The average Bonchev–Trinajstić information content (AvgIpc) is 3.21. The van der Waals surface area contributed by atoms with Crippen LogP contribution in [0.5, 0.6) is 17.2 Å². The molecule has 0 radical (unpaired) electrons. The molecule has 0 spiro atoms. The van der Waals surface area contributed by atoms with E-state index in [1.54, 1.807) is 46.8 Å². The number of halogens is 12. The Hall–Kier alpha value is -5.11. The number of Topliss-reactive ketones (excluding diaryl/α,β-unsaturated/α-hetero) is 1. The van der Waals surface area contributed by atoms with Crippen LogP contribution < -0.4 is 19.9 Å². The summed E-state index contributed by atoms with van der Waals surface area (Å²) in [5.74, 6) is -2.68. The molecule has 2 atom stereocenters. The predicted octanol–water partition coefficient (Wildman–Crippen LogP) is 14.2. The lowest BCUT2D eigenvalue weighted by Crippen LogP contribution is -2.58. The van der Waals surface area contributed by atoms with Crippen molar-refractivity contribution < 1.29 is 75.9 Å². The molecule has 0 saturated carbocycles. The van der Waals surface area contributed by atoms with E-state index in [1.807, 2.05) is 19.9 Å². The number of nitrogens with two attached hydrogens (primary N) is 1. The Kier molecular flexibility index (Phi) is 20.9. The van der Waals surface area contributed by atoms with Crippen LogP contribution in [0.1, 0.15) is 115 Å². The van der Waals surface area contributed by atoms with Crippen LogP contribution in [-0.2, 0) is 38.4 Å². The van der Waals surface area contributed by atoms with Crippen molar-refractivity contribution in [3.63, 3.8) is 0 Å². The van der Waals surface area contributed by atoms with Gasteiger partial charge in [-0.05, 0) is 118 Å². The van der Waals surface area contributed by atoms with E-state index in [0.29, 0.717) is 16.9 Å². The van der Waals surface area contributed by atoms with Gasteiger partial charge in [-0.15, -0.1) is 0 Å². The van der Waals surface area contributed by atoms with Crippen molar-refractivity contribution in [2.24, 2.45) is 10.1 Å². The number of nitrogens with zero attached hydrogens (tertiary/aromatic N) is 1. The van der Waals surface area contributed by atoms with Gasteiger partial charge in [0.25, 0.3) is 0 Å². The molecule has 0 bridgehead atoms. The Morgan fingerprint density at radius 3 is 1.24 bits per heavy atom. The van der Waals surface area contributed by atoms with Crippen LogP contribution in [0.2, 0.25) is 0 Å². The quantitative estimate of drug-likeness (QED) is 0.0940. The lowest BCUT2D eigenvalue weighted by molar-refractivity contribution is -0.191. The van der Waals surface area contributed by atoms with E-state index in [-0.39, 0.29) is 29.0 Å². The molecule has 4 rings (SSSR count). The number of ketones is 1. The van der Waals surface area contributed by atoms with Gasteiger partial charge in [0.15, 0.2) is 0 Å². The smallest absolute Gasteiger partial charge is 0.450 e. The minimum Gasteiger partial charge on any atom is -0.496 e. The molecule has 0 heterocycles. The van der Waals surface area contributed by atoms with Crippen molar-refractivity contribution in [2.45, 2.75) is 147 Å². The average molecular weight is 1060 g/mol. The number of rotatable bonds is 15. The first kappa shape index (κ1) is 63.0. The monoisotopic (exact) mass is 1060 g/mol. The minimum atomic E-state index is -4.89. The Labute approximate surface area is 416 Å². The van der Waals surface area contributed by atoms with Crippen LogP contribution in [0, 0.1) is 31.3 Å². The number of hydrogen-bond donors (Lipinski definition) is 1. The second-order valence-electron chi connectivity index (χ2n) is 20.4. The fourth-order valence-corrected chi connectivity index (χ4v) is 8.48. The number of benzene rings is 4. The maximum Gasteiger partial charge on any atom is 0.450 e. The summed E-state index contributed by atoms with van der Waals surface area (Å²) in [5, 5.41) is 0. The first-order valence-corrected chi connectivity index (χ1v) is 23.3. The molecule has 72 heavy (non-hydrogen) atoms. The highest BCUT2D eigenvalue weighted by molar-refractivity contribution is 7.85. The molecule has 0 aliphatic rings. The number of aryl methyl sites for hydroxylation is 2. The zero-order valence-electron chi connectivity index (χ0n) is 42.8. The van der Waals surface area contributed by atoms with E-state index in [0.717, 1.165) is 29.3 Å². The molecule has 20 heteroatoms. The summed E-state index contributed by atoms with van der Waals surface area (Å²) in [4.78, 5) is 11.1. The molecule has 0 saturated heterocycles. The minimum absolute atomic E-state index is 0.229. The fourth-order valence-electron chi connectivity index (χ4n) is 7.84. The van der Waals surface area contributed by atoms with E-state index in [2.05, 4.69) is 4.40 Å². The topological polar surface area (TPSA) is 100 Å². The standard InChI is InChI=1S/C22H27F4NO.C17H23F4NO2S.C13H14F4O2/c1-14-8-15(2)10-16(9-14)12-21(27,22(24,25)26)13-20(3,4)18-11-17(23)6-7-19(18)28-5;1-15(2,3)25(23)22-14(17(19,20)21)10-16(4,5)12-9-11(18)7-8-13(12)24-6;1-12(2,7-11(18)13(15,16)17)9-6-8(14)4-5-10(9)19-3/h6-11H,12-13,27H2,1-5H3;7-9H,10H2,1-6H3;4-6H,7H2,1-3H3. The van der Waals surface area contributed by atoms with E-state index in [4.69, 9.17) is 19.9 Å². The van der Waals surface area contributed by atoms with Crippen molar-refractivity contribution in [3.05, 3.63) is 124 Å². The maximum atomic E-state index is 14.1. The van der Waals surface area contributed by atoms with E-state index < -0.39 is 104 Å². The predicted molar refractivity (Wildman–Crippen MR) is 257 cm³/mol. The number of hydrogen-bond acceptors (Lipinski definition) is 6. The summed E-state index contributed by atoms with van der Waals surface area (Å²) in [6.07, 6.45) is -16.4. The summed E-state index contributed by atoms with van der Waals surface area (Å²) in [5.41, 5.74) is 2.15. The van der Waals surface area contributed by atoms with Crippen LogP contribution in [0.4, 0.5) is 52.7 Å². The van der Waals surface area contributed by atoms with E-state index >= 15 is 0 Å². The third kappa shape index (κ3) is 17.8. The molecule has 0 fully saturated rings. The fraction of sp³-hybridized carbons (Fsp3) is 0.500. The number of methoxy groups -OCH3 is 3. The summed E-state index contributed by atoms with van der Waals surface area (Å²) in [7, 11) is 2.04. The molecule has 402 valence electrons. The number of carbonyl (C=O) groups excluding carboxylic acids is 1. The molecule has 4 aromatic carbocycles. The highest BCUT2D eigenvalue weighted by atomic mass is 32.2. The lowest BCUT2D eigenvalue weighted by Gasteiger charge is -2.39. The first-order chi connectivity index (χ1) is 32.5. The molecule has 7 nitrogen and oxygen atoms in total. The van der Waals surface area contributed by atoms with Gasteiger partial charge < -0.3 is 19.9 Å². The molecule has 4 aromatic rings.